The van der Waals surface area contributed by atoms with Gasteiger partial charge in [-0.2, -0.15) is 0 Å². The van der Waals surface area contributed by atoms with Gasteiger partial charge in [0.05, 0.1) is 5.69 Å². The lowest BCUT2D eigenvalue weighted by Crippen LogP contribution is -2.43. The van der Waals surface area contributed by atoms with Crippen LogP contribution in [0.3, 0.4) is 0 Å². The van der Waals surface area contributed by atoms with Crippen LogP contribution in [0.2, 0.25) is 0 Å². The van der Waals surface area contributed by atoms with Crippen LogP contribution in [0.25, 0.3) is 0 Å². The average Bonchev–Trinajstić information content (AvgIpc) is 3.16. The number of aliphatic hydroxyl groups excluding tert-OH is 1. The minimum absolute atomic E-state index is 0.0154. The van der Waals surface area contributed by atoms with Crippen molar-refractivity contribution in [2.45, 2.75) is 5.66 Å². The molecule has 0 fully saturated rings. The molecule has 5 rings (SSSR count). The minimum Gasteiger partial charge on any atom is -0.494 e. The third kappa shape index (κ3) is 3.23. The van der Waals surface area contributed by atoms with Crippen LogP contribution in [0, 0.1) is 0 Å². The van der Waals surface area contributed by atoms with Gasteiger partial charge in [0.2, 0.25) is 0 Å². The summed E-state index contributed by atoms with van der Waals surface area (Å²) in [5, 5.41) is 14.3. The lowest BCUT2D eigenvalue weighted by atomic mass is 10.3. The molecule has 156 valence electrons. The summed E-state index contributed by atoms with van der Waals surface area (Å²) >= 11 is 0. The first-order valence-electron chi connectivity index (χ1n) is 10.6. The molecule has 0 aliphatic carbocycles. The van der Waals surface area contributed by atoms with Crippen LogP contribution in [-0.4, -0.2) is 16.7 Å². The third-order valence-corrected chi connectivity index (χ3v) is 10.5. The fourth-order valence-electron chi connectivity index (χ4n) is 4.56. The highest BCUT2D eigenvalue weighted by Gasteiger charge is 2.58. The topological polar surface area (TPSA) is 40.5 Å². The number of aliphatic hydroxyl groups is 1. The number of benzene rings is 4. The molecule has 1 aliphatic heterocycles. The van der Waals surface area contributed by atoms with Crippen LogP contribution in [0.4, 0.5) is 5.69 Å². The molecule has 0 radical (unpaired) electrons. The molecule has 32 heavy (non-hydrogen) atoms. The highest BCUT2D eigenvalue weighted by Crippen LogP contribution is 2.62. The molecule has 1 aliphatic rings. The van der Waals surface area contributed by atoms with Crippen molar-refractivity contribution in [3.63, 3.8) is 0 Å². The molecule has 1 N–H and O–H groups in total. The second-order valence-corrected chi connectivity index (χ2v) is 11.3. The van der Waals surface area contributed by atoms with E-state index in [-0.39, 0.29) is 11.8 Å². The third-order valence-electron chi connectivity index (χ3n) is 5.93. The van der Waals surface area contributed by atoms with Gasteiger partial charge in [0.1, 0.15) is 23.2 Å². The fourth-order valence-corrected chi connectivity index (χ4v) is 9.15. The molecule has 0 aromatic heterocycles. The normalized spacial score (nSPS) is 16.1. The van der Waals surface area contributed by atoms with Crippen molar-refractivity contribution in [1.29, 1.82) is 0 Å². The predicted molar refractivity (Wildman–Crippen MR) is 134 cm³/mol. The van der Waals surface area contributed by atoms with E-state index in [9.17, 15) is 9.90 Å². The number of hydrogen-bond acceptors (Lipinski definition) is 2. The van der Waals surface area contributed by atoms with Crippen LogP contribution < -0.4 is 20.8 Å². The van der Waals surface area contributed by atoms with Crippen molar-refractivity contribution in [3.8, 4) is 0 Å². The summed E-state index contributed by atoms with van der Waals surface area (Å²) in [5.41, 5.74) is 0.149. The molecule has 1 heterocycles. The van der Waals surface area contributed by atoms with Gasteiger partial charge in [-0.15, -0.1) is 0 Å². The van der Waals surface area contributed by atoms with E-state index in [1.54, 1.807) is 6.08 Å². The van der Waals surface area contributed by atoms with Gasteiger partial charge in [0, 0.05) is 6.08 Å². The van der Waals surface area contributed by atoms with Crippen LogP contribution >= 0.6 is 7.26 Å². The monoisotopic (exact) mass is 436 g/mol. The van der Waals surface area contributed by atoms with Crippen molar-refractivity contribution >= 4 is 34.8 Å². The van der Waals surface area contributed by atoms with Crippen molar-refractivity contribution in [1.82, 2.24) is 0 Å². The highest BCUT2D eigenvalue weighted by molar-refractivity contribution is 7.97. The molecule has 1 amide bonds. The zero-order chi connectivity index (χ0) is 22.0. The largest absolute Gasteiger partial charge is 0.494 e. The maximum atomic E-state index is 14.0. The number of carbonyl (C=O) groups excluding carboxylic acids is 1. The molecule has 0 saturated carbocycles. The lowest BCUT2D eigenvalue weighted by Gasteiger charge is -2.31. The van der Waals surface area contributed by atoms with E-state index in [1.165, 1.54) is 4.90 Å². The fraction of sp³-hybridized carbons (Fsp3) is 0.0357. The minimum atomic E-state index is -2.48. The quantitative estimate of drug-likeness (QED) is 0.457. The smallest absolute Gasteiger partial charge is 0.280 e. The van der Waals surface area contributed by atoms with Crippen molar-refractivity contribution < 1.29 is 9.90 Å². The molecule has 0 spiro atoms. The summed E-state index contributed by atoms with van der Waals surface area (Å²) in [5.74, 6) is -0.128. The Bertz CT molecular complexity index is 1150. The van der Waals surface area contributed by atoms with Crippen molar-refractivity contribution in [3.05, 3.63) is 133 Å². The van der Waals surface area contributed by atoms with Gasteiger partial charge in [0.15, 0.2) is 11.5 Å². The molecule has 4 aromatic rings. The Morgan fingerprint density at radius 2 is 0.969 bits per heavy atom. The SMILES string of the molecule is O=C1C([P+](c2ccccc2)(c2ccccc2)c2ccccc2)C=C(O)N1c1ccccc1. The molecule has 4 aromatic carbocycles. The molecule has 0 bridgehead atoms. The molecule has 1 unspecified atom stereocenters. The van der Waals surface area contributed by atoms with E-state index < -0.39 is 12.9 Å². The maximum absolute atomic E-state index is 14.0. The number of nitrogens with zero attached hydrogens (tertiary/aromatic N) is 1. The summed E-state index contributed by atoms with van der Waals surface area (Å²) < 4.78 is 0. The summed E-state index contributed by atoms with van der Waals surface area (Å²) in [6.45, 7) is 0. The van der Waals surface area contributed by atoms with E-state index >= 15 is 0 Å². The summed E-state index contributed by atoms with van der Waals surface area (Å²) in [6, 6.07) is 40.1. The average molecular weight is 436 g/mol. The van der Waals surface area contributed by atoms with Gasteiger partial charge in [-0.05, 0) is 48.5 Å². The number of para-hydroxylation sites is 1. The standard InChI is InChI=1S/C28H22NO2P/c30-27-21-26(28(31)29(27)22-13-5-1-6-14-22)32(23-15-7-2-8-16-23,24-17-9-3-10-18-24)25-19-11-4-12-20-25/h1-21,26H/p+1. The summed E-state index contributed by atoms with van der Waals surface area (Å²) in [4.78, 5) is 15.5. The molecular formula is C28H23NO2P+. The van der Waals surface area contributed by atoms with Gasteiger partial charge in [0.25, 0.3) is 5.91 Å². The Kier molecular flexibility index (Phi) is 5.34. The molecule has 0 saturated heterocycles. The van der Waals surface area contributed by atoms with Crippen LogP contribution in [-0.2, 0) is 4.79 Å². The Morgan fingerprint density at radius 1 is 0.594 bits per heavy atom. The van der Waals surface area contributed by atoms with Crippen LogP contribution in [0.1, 0.15) is 0 Å². The number of amides is 1. The first kappa shape index (κ1) is 20.2. The van der Waals surface area contributed by atoms with E-state index in [0.717, 1.165) is 15.9 Å². The van der Waals surface area contributed by atoms with Crippen molar-refractivity contribution in [2.75, 3.05) is 4.90 Å². The van der Waals surface area contributed by atoms with E-state index in [4.69, 9.17) is 0 Å². The zero-order valence-corrected chi connectivity index (χ0v) is 18.3. The lowest BCUT2D eigenvalue weighted by molar-refractivity contribution is -0.116. The Hall–Kier alpha value is -3.68. The van der Waals surface area contributed by atoms with E-state index in [2.05, 4.69) is 36.4 Å². The Balaban J connectivity index is 1.79. The van der Waals surface area contributed by atoms with Crippen LogP contribution in [0.15, 0.2) is 133 Å². The molecule has 3 nitrogen and oxygen atoms in total. The maximum Gasteiger partial charge on any atom is 0.280 e. The van der Waals surface area contributed by atoms with Crippen molar-refractivity contribution in [2.24, 2.45) is 0 Å². The number of hydrogen-bond donors (Lipinski definition) is 1. The summed E-state index contributed by atoms with van der Waals surface area (Å²) in [7, 11) is -2.48. The second-order valence-electron chi connectivity index (χ2n) is 7.71. The molecule has 4 heteroatoms. The zero-order valence-electron chi connectivity index (χ0n) is 17.5. The Morgan fingerprint density at radius 3 is 1.38 bits per heavy atom. The first-order valence-corrected chi connectivity index (χ1v) is 12.4. The Labute approximate surface area is 188 Å². The summed E-state index contributed by atoms with van der Waals surface area (Å²) in [6.07, 6.45) is 1.75. The predicted octanol–water partition coefficient (Wildman–Crippen LogP) is 4.80. The first-order chi connectivity index (χ1) is 15.7. The van der Waals surface area contributed by atoms with Gasteiger partial charge in [-0.25, -0.2) is 4.90 Å². The van der Waals surface area contributed by atoms with E-state index in [0.29, 0.717) is 5.69 Å². The van der Waals surface area contributed by atoms with Crippen LogP contribution in [0.5, 0.6) is 0 Å². The number of carbonyl (C=O) groups is 1. The number of anilines is 1. The van der Waals surface area contributed by atoms with Gasteiger partial charge < -0.3 is 5.11 Å². The van der Waals surface area contributed by atoms with E-state index in [1.807, 2.05) is 84.9 Å². The highest BCUT2D eigenvalue weighted by atomic mass is 31.2. The number of rotatable bonds is 5. The van der Waals surface area contributed by atoms with Gasteiger partial charge in [-0.1, -0.05) is 72.8 Å². The second kappa shape index (κ2) is 8.45. The van der Waals surface area contributed by atoms with Gasteiger partial charge >= 0.3 is 0 Å². The molecule has 1 atom stereocenters. The van der Waals surface area contributed by atoms with Gasteiger partial charge in [-0.3, -0.25) is 4.79 Å². The molecular weight excluding hydrogens is 413 g/mol.